The van der Waals surface area contributed by atoms with Crippen LogP contribution in [-0.4, -0.2) is 63.4 Å². The van der Waals surface area contributed by atoms with E-state index in [-0.39, 0.29) is 11.3 Å². The Morgan fingerprint density at radius 2 is 2.00 bits per heavy atom. The molecule has 8 nitrogen and oxygen atoms in total. The molecule has 1 fully saturated rings. The number of carbonyl (C=O) groups is 1. The third kappa shape index (κ3) is 4.84. The summed E-state index contributed by atoms with van der Waals surface area (Å²) in [5, 5.41) is 17.7. The van der Waals surface area contributed by atoms with E-state index in [1.165, 1.54) is 12.1 Å². The van der Waals surface area contributed by atoms with E-state index in [1.54, 1.807) is 6.07 Å². The number of nitrogens with one attached hydrogen (secondary N) is 1. The van der Waals surface area contributed by atoms with Crippen LogP contribution in [0.25, 0.3) is 0 Å². The van der Waals surface area contributed by atoms with Gasteiger partial charge in [-0.1, -0.05) is 0 Å². The number of aromatic carboxylic acids is 1. The van der Waals surface area contributed by atoms with Gasteiger partial charge in [-0.05, 0) is 18.2 Å². The molecule has 1 aliphatic rings. The van der Waals surface area contributed by atoms with Crippen LogP contribution >= 0.6 is 0 Å². The van der Waals surface area contributed by atoms with Crippen molar-refractivity contribution < 1.29 is 18.3 Å². The molecule has 0 unspecified atom stereocenters. The molecular formula is C15H20N4O4S. The fraction of sp³-hybridized carbons (Fsp3) is 0.467. The normalized spacial score (nSPS) is 15.8. The predicted octanol–water partition coefficient (Wildman–Crippen LogP) is 0.792. The molecular weight excluding hydrogens is 332 g/mol. The topological polar surface area (TPSA) is 114 Å². The Morgan fingerprint density at radius 3 is 2.54 bits per heavy atom. The number of hydrogen-bond acceptors (Lipinski definition) is 6. The van der Waals surface area contributed by atoms with E-state index < -0.39 is 16.0 Å². The zero-order valence-electron chi connectivity index (χ0n) is 13.4. The Kier molecular flexibility index (Phi) is 5.64. The number of piperazine rings is 1. The molecule has 2 rings (SSSR count). The molecule has 24 heavy (non-hydrogen) atoms. The molecule has 2 N–H and O–H groups in total. The highest BCUT2D eigenvalue weighted by atomic mass is 32.2. The monoisotopic (exact) mass is 352 g/mol. The Bertz CT molecular complexity index is 749. The molecule has 1 aromatic rings. The molecule has 0 spiro atoms. The van der Waals surface area contributed by atoms with Crippen LogP contribution in [0.2, 0.25) is 0 Å². The average molecular weight is 352 g/mol. The molecule has 0 bridgehead atoms. The van der Waals surface area contributed by atoms with E-state index in [1.807, 2.05) is 4.90 Å². The molecule has 1 saturated heterocycles. The number of hydrogen-bond donors (Lipinski definition) is 2. The standard InChI is InChI=1S/C15H20N4O4S/c1-24(22,23)17-13-11-12(15(20)21)3-4-14(13)19-9-7-18(8-10-19)6-2-5-16/h3-4,11,17H,2,6-10H2,1H3,(H,20,21). The second kappa shape index (κ2) is 7.51. The molecule has 1 aromatic carbocycles. The van der Waals surface area contributed by atoms with Gasteiger partial charge in [-0.2, -0.15) is 5.26 Å². The first-order valence-corrected chi connectivity index (χ1v) is 9.38. The van der Waals surface area contributed by atoms with Gasteiger partial charge in [0.15, 0.2) is 0 Å². The first kappa shape index (κ1) is 18.0. The molecule has 9 heteroatoms. The molecule has 1 heterocycles. The average Bonchev–Trinajstić information content (AvgIpc) is 2.52. The highest BCUT2D eigenvalue weighted by Gasteiger charge is 2.21. The van der Waals surface area contributed by atoms with Gasteiger partial charge in [-0.3, -0.25) is 9.62 Å². The second-order valence-corrected chi connectivity index (χ2v) is 7.40. The summed E-state index contributed by atoms with van der Waals surface area (Å²) < 4.78 is 25.5. The summed E-state index contributed by atoms with van der Waals surface area (Å²) in [6.07, 6.45) is 1.51. The summed E-state index contributed by atoms with van der Waals surface area (Å²) >= 11 is 0. The minimum atomic E-state index is -3.52. The van der Waals surface area contributed by atoms with Crippen LogP contribution in [0.4, 0.5) is 11.4 Å². The van der Waals surface area contributed by atoms with Crippen LogP contribution < -0.4 is 9.62 Å². The Labute approximate surface area is 141 Å². The van der Waals surface area contributed by atoms with Crippen molar-refractivity contribution >= 4 is 27.4 Å². The Balaban J connectivity index is 2.20. The van der Waals surface area contributed by atoms with E-state index in [9.17, 15) is 13.2 Å². The summed E-state index contributed by atoms with van der Waals surface area (Å²) in [5.41, 5.74) is 0.950. The van der Waals surface area contributed by atoms with Crippen molar-refractivity contribution in [3.8, 4) is 6.07 Å². The van der Waals surface area contributed by atoms with E-state index >= 15 is 0 Å². The lowest BCUT2D eigenvalue weighted by atomic mass is 10.1. The van der Waals surface area contributed by atoms with Crippen molar-refractivity contribution in [3.63, 3.8) is 0 Å². The molecule has 0 saturated carbocycles. The molecule has 0 aliphatic carbocycles. The Hall–Kier alpha value is -2.31. The second-order valence-electron chi connectivity index (χ2n) is 5.65. The number of sulfonamides is 1. The van der Waals surface area contributed by atoms with Gasteiger partial charge in [0.05, 0.1) is 29.3 Å². The summed E-state index contributed by atoms with van der Waals surface area (Å²) in [5.74, 6) is -1.11. The van der Waals surface area contributed by atoms with Gasteiger partial charge < -0.3 is 10.0 Å². The summed E-state index contributed by atoms with van der Waals surface area (Å²) in [7, 11) is -3.52. The highest BCUT2D eigenvalue weighted by Crippen LogP contribution is 2.29. The molecule has 1 aliphatic heterocycles. The third-order valence-corrected chi connectivity index (χ3v) is 4.38. The van der Waals surface area contributed by atoms with E-state index in [2.05, 4.69) is 15.7 Å². The fourth-order valence-corrected chi connectivity index (χ4v) is 3.21. The third-order valence-electron chi connectivity index (χ3n) is 3.79. The molecule has 0 atom stereocenters. The number of benzene rings is 1. The summed E-state index contributed by atoms with van der Waals surface area (Å²) in [4.78, 5) is 15.3. The minimum Gasteiger partial charge on any atom is -0.478 e. The fourth-order valence-electron chi connectivity index (χ4n) is 2.65. The number of nitriles is 1. The van der Waals surface area contributed by atoms with E-state index in [0.29, 0.717) is 25.2 Å². The van der Waals surface area contributed by atoms with Crippen LogP contribution in [0, 0.1) is 11.3 Å². The first-order chi connectivity index (χ1) is 11.3. The lowest BCUT2D eigenvalue weighted by Gasteiger charge is -2.36. The van der Waals surface area contributed by atoms with Crippen LogP contribution in [0.5, 0.6) is 0 Å². The summed E-state index contributed by atoms with van der Waals surface area (Å²) in [6, 6.07) is 6.55. The van der Waals surface area contributed by atoms with Crippen molar-refractivity contribution in [3.05, 3.63) is 23.8 Å². The van der Waals surface area contributed by atoms with Crippen molar-refractivity contribution in [2.45, 2.75) is 6.42 Å². The maximum absolute atomic E-state index is 11.6. The number of nitrogens with zero attached hydrogens (tertiary/aromatic N) is 3. The maximum atomic E-state index is 11.6. The van der Waals surface area contributed by atoms with Gasteiger partial charge in [-0.25, -0.2) is 13.2 Å². The van der Waals surface area contributed by atoms with Gasteiger partial charge in [0.2, 0.25) is 10.0 Å². The van der Waals surface area contributed by atoms with Crippen molar-refractivity contribution in [1.82, 2.24) is 4.90 Å². The number of rotatable bonds is 6. The Morgan fingerprint density at radius 1 is 1.33 bits per heavy atom. The van der Waals surface area contributed by atoms with E-state index in [0.717, 1.165) is 25.9 Å². The number of carboxylic acids is 1. The maximum Gasteiger partial charge on any atom is 0.335 e. The molecule has 130 valence electrons. The van der Waals surface area contributed by atoms with Crippen LogP contribution in [0.15, 0.2) is 18.2 Å². The minimum absolute atomic E-state index is 0.0255. The highest BCUT2D eigenvalue weighted by molar-refractivity contribution is 7.92. The van der Waals surface area contributed by atoms with Crippen LogP contribution in [0.3, 0.4) is 0 Å². The van der Waals surface area contributed by atoms with Crippen molar-refractivity contribution in [2.24, 2.45) is 0 Å². The van der Waals surface area contributed by atoms with Crippen molar-refractivity contribution in [2.75, 3.05) is 48.6 Å². The van der Waals surface area contributed by atoms with Gasteiger partial charge in [0.25, 0.3) is 0 Å². The van der Waals surface area contributed by atoms with Crippen LogP contribution in [-0.2, 0) is 10.0 Å². The quantitative estimate of drug-likeness (QED) is 0.778. The lowest BCUT2D eigenvalue weighted by Crippen LogP contribution is -2.46. The SMILES string of the molecule is CS(=O)(=O)Nc1cc(C(=O)O)ccc1N1CCN(CCC#N)CC1. The molecule has 0 aromatic heterocycles. The van der Waals surface area contributed by atoms with E-state index in [4.69, 9.17) is 10.4 Å². The summed E-state index contributed by atoms with van der Waals surface area (Å²) in [6.45, 7) is 3.60. The van der Waals surface area contributed by atoms with Gasteiger partial charge in [0, 0.05) is 39.1 Å². The lowest BCUT2D eigenvalue weighted by molar-refractivity contribution is 0.0697. The van der Waals surface area contributed by atoms with Gasteiger partial charge in [0.1, 0.15) is 0 Å². The number of anilines is 2. The first-order valence-electron chi connectivity index (χ1n) is 7.49. The number of carboxylic acid groups (broad SMARTS) is 1. The van der Waals surface area contributed by atoms with Crippen LogP contribution in [0.1, 0.15) is 16.8 Å². The smallest absolute Gasteiger partial charge is 0.335 e. The van der Waals surface area contributed by atoms with Gasteiger partial charge >= 0.3 is 5.97 Å². The molecule has 0 amide bonds. The zero-order valence-corrected chi connectivity index (χ0v) is 14.2. The molecule has 0 radical (unpaired) electrons. The zero-order chi connectivity index (χ0) is 17.7. The predicted molar refractivity (Wildman–Crippen MR) is 90.8 cm³/mol. The largest absolute Gasteiger partial charge is 0.478 e. The van der Waals surface area contributed by atoms with Gasteiger partial charge in [-0.15, -0.1) is 0 Å². The van der Waals surface area contributed by atoms with Crippen molar-refractivity contribution in [1.29, 1.82) is 5.26 Å².